The van der Waals surface area contributed by atoms with E-state index in [1.54, 1.807) is 24.1 Å². The van der Waals surface area contributed by atoms with Gasteiger partial charge in [-0.2, -0.15) is 0 Å². The first-order valence-corrected chi connectivity index (χ1v) is 8.45. The SMILES string of the molecule is COC1CCN(C(=O)[C@H]2OCC(=O)N[C@@H]2c2ccccc2Cl)CC1. The van der Waals surface area contributed by atoms with E-state index in [0.29, 0.717) is 23.7 Å². The highest BCUT2D eigenvalue weighted by Gasteiger charge is 2.39. The van der Waals surface area contributed by atoms with Gasteiger partial charge in [0.05, 0.1) is 12.1 Å². The smallest absolute Gasteiger partial charge is 0.254 e. The van der Waals surface area contributed by atoms with E-state index in [1.165, 1.54) is 0 Å². The monoisotopic (exact) mass is 352 g/mol. The first-order valence-electron chi connectivity index (χ1n) is 8.07. The van der Waals surface area contributed by atoms with Gasteiger partial charge in [-0.3, -0.25) is 9.59 Å². The van der Waals surface area contributed by atoms with E-state index in [4.69, 9.17) is 21.1 Å². The van der Waals surface area contributed by atoms with E-state index in [1.807, 2.05) is 12.1 Å². The van der Waals surface area contributed by atoms with Crippen LogP contribution in [0.2, 0.25) is 5.02 Å². The largest absolute Gasteiger partial charge is 0.381 e. The van der Waals surface area contributed by atoms with Gasteiger partial charge in [0.1, 0.15) is 6.61 Å². The second-order valence-corrected chi connectivity index (χ2v) is 6.47. The predicted molar refractivity (Wildman–Crippen MR) is 88.7 cm³/mol. The number of nitrogens with one attached hydrogen (secondary N) is 1. The van der Waals surface area contributed by atoms with Crippen LogP contribution in [-0.4, -0.2) is 55.7 Å². The van der Waals surface area contributed by atoms with Crippen LogP contribution in [-0.2, 0) is 19.1 Å². The van der Waals surface area contributed by atoms with Crippen LogP contribution in [0.3, 0.4) is 0 Å². The number of rotatable bonds is 3. The van der Waals surface area contributed by atoms with Crippen molar-refractivity contribution in [2.75, 3.05) is 26.8 Å². The number of carbonyl (C=O) groups is 2. The number of ether oxygens (including phenoxy) is 2. The molecule has 1 aromatic carbocycles. The molecule has 0 radical (unpaired) electrons. The first-order chi connectivity index (χ1) is 11.6. The van der Waals surface area contributed by atoms with Crippen molar-refractivity contribution in [1.82, 2.24) is 10.2 Å². The lowest BCUT2D eigenvalue weighted by Crippen LogP contribution is -2.55. The van der Waals surface area contributed by atoms with Crippen molar-refractivity contribution in [2.45, 2.75) is 31.1 Å². The zero-order chi connectivity index (χ0) is 17.1. The highest BCUT2D eigenvalue weighted by Crippen LogP contribution is 2.30. The Labute approximate surface area is 146 Å². The summed E-state index contributed by atoms with van der Waals surface area (Å²) in [6, 6.07) is 6.60. The standard InChI is InChI=1S/C17H21ClN2O4/c1-23-11-6-8-20(9-7-11)17(22)16-15(19-14(21)10-24-16)12-4-2-3-5-13(12)18/h2-5,11,15-16H,6-10H2,1H3,(H,19,21)/t15-,16+/m1/s1. The summed E-state index contributed by atoms with van der Waals surface area (Å²) in [5.74, 6) is -0.364. The van der Waals surface area contributed by atoms with Gasteiger partial charge in [-0.25, -0.2) is 0 Å². The van der Waals surface area contributed by atoms with Gasteiger partial charge in [-0.1, -0.05) is 29.8 Å². The van der Waals surface area contributed by atoms with Crippen molar-refractivity contribution >= 4 is 23.4 Å². The Morgan fingerprint density at radius 3 is 2.71 bits per heavy atom. The number of hydrogen-bond donors (Lipinski definition) is 1. The number of benzene rings is 1. The fraction of sp³-hybridized carbons (Fsp3) is 0.529. The van der Waals surface area contributed by atoms with Crippen molar-refractivity contribution in [3.63, 3.8) is 0 Å². The molecule has 24 heavy (non-hydrogen) atoms. The molecule has 0 aromatic heterocycles. The van der Waals surface area contributed by atoms with Crippen LogP contribution in [0.15, 0.2) is 24.3 Å². The van der Waals surface area contributed by atoms with E-state index in [9.17, 15) is 9.59 Å². The lowest BCUT2D eigenvalue weighted by atomic mass is 9.97. The maximum atomic E-state index is 12.9. The van der Waals surface area contributed by atoms with E-state index in [0.717, 1.165) is 12.8 Å². The van der Waals surface area contributed by atoms with Gasteiger partial charge >= 0.3 is 0 Å². The van der Waals surface area contributed by atoms with Crippen molar-refractivity contribution in [3.8, 4) is 0 Å². The molecule has 3 rings (SSSR count). The van der Waals surface area contributed by atoms with E-state index in [-0.39, 0.29) is 24.5 Å². The van der Waals surface area contributed by atoms with E-state index in [2.05, 4.69) is 5.32 Å². The van der Waals surface area contributed by atoms with Crippen molar-refractivity contribution in [3.05, 3.63) is 34.9 Å². The third-order valence-corrected chi connectivity index (χ3v) is 4.93. The lowest BCUT2D eigenvalue weighted by molar-refractivity contribution is -0.156. The summed E-state index contributed by atoms with van der Waals surface area (Å²) in [6.45, 7) is 1.13. The number of piperidine rings is 1. The van der Waals surface area contributed by atoms with Crippen LogP contribution in [0.4, 0.5) is 0 Å². The van der Waals surface area contributed by atoms with Crippen LogP contribution >= 0.6 is 11.6 Å². The van der Waals surface area contributed by atoms with Gasteiger partial charge < -0.3 is 19.7 Å². The zero-order valence-corrected chi connectivity index (χ0v) is 14.3. The molecule has 0 aliphatic carbocycles. The molecule has 7 heteroatoms. The second kappa shape index (κ2) is 7.51. The number of morpholine rings is 1. The minimum Gasteiger partial charge on any atom is -0.381 e. The summed E-state index contributed by atoms with van der Waals surface area (Å²) in [5, 5.41) is 3.35. The maximum Gasteiger partial charge on any atom is 0.254 e. The van der Waals surface area contributed by atoms with Crippen LogP contribution in [0.5, 0.6) is 0 Å². The van der Waals surface area contributed by atoms with E-state index >= 15 is 0 Å². The molecule has 6 nitrogen and oxygen atoms in total. The minimum atomic E-state index is -0.762. The molecule has 2 atom stereocenters. The molecule has 0 spiro atoms. The van der Waals surface area contributed by atoms with Gasteiger partial charge in [0.2, 0.25) is 5.91 Å². The van der Waals surface area contributed by atoms with Crippen molar-refractivity contribution in [2.24, 2.45) is 0 Å². The topological polar surface area (TPSA) is 67.9 Å². The Morgan fingerprint density at radius 1 is 1.33 bits per heavy atom. The minimum absolute atomic E-state index is 0.116. The molecule has 1 N–H and O–H groups in total. The summed E-state index contributed by atoms with van der Waals surface area (Å²) in [4.78, 5) is 26.5. The highest BCUT2D eigenvalue weighted by molar-refractivity contribution is 6.31. The maximum absolute atomic E-state index is 12.9. The highest BCUT2D eigenvalue weighted by atomic mass is 35.5. The quantitative estimate of drug-likeness (QED) is 0.896. The molecule has 0 bridgehead atoms. The Hall–Kier alpha value is -1.63. The molecule has 2 heterocycles. The molecule has 0 saturated carbocycles. The van der Waals surface area contributed by atoms with Gasteiger partial charge in [0.25, 0.3) is 5.91 Å². The zero-order valence-electron chi connectivity index (χ0n) is 13.5. The normalized spacial score (nSPS) is 25.4. The first kappa shape index (κ1) is 17.2. The number of carbonyl (C=O) groups excluding carboxylic acids is 2. The van der Waals surface area contributed by atoms with Crippen LogP contribution < -0.4 is 5.32 Å². The second-order valence-electron chi connectivity index (χ2n) is 6.06. The van der Waals surface area contributed by atoms with Gasteiger partial charge in [0.15, 0.2) is 6.10 Å². The number of halogens is 1. The van der Waals surface area contributed by atoms with Crippen LogP contribution in [0, 0.1) is 0 Å². The average Bonchev–Trinajstić information content (AvgIpc) is 2.61. The van der Waals surface area contributed by atoms with Gasteiger partial charge in [0, 0.05) is 25.2 Å². The van der Waals surface area contributed by atoms with Crippen LogP contribution in [0.25, 0.3) is 0 Å². The molecule has 2 aliphatic rings. The molecular formula is C17H21ClN2O4. The average molecular weight is 353 g/mol. The molecule has 2 aliphatic heterocycles. The molecule has 2 amide bonds. The van der Waals surface area contributed by atoms with Gasteiger partial charge in [-0.05, 0) is 24.5 Å². The number of amides is 2. The molecule has 2 saturated heterocycles. The van der Waals surface area contributed by atoms with Crippen LogP contribution in [0.1, 0.15) is 24.4 Å². The third-order valence-electron chi connectivity index (χ3n) is 4.58. The number of methoxy groups -OCH3 is 1. The third kappa shape index (κ3) is 3.55. The molecule has 1 aromatic rings. The molecule has 0 unspecified atom stereocenters. The summed E-state index contributed by atoms with van der Waals surface area (Å²) in [7, 11) is 1.69. The number of hydrogen-bond acceptors (Lipinski definition) is 4. The Bertz CT molecular complexity index is 616. The van der Waals surface area contributed by atoms with Crippen molar-refractivity contribution < 1.29 is 19.1 Å². The number of nitrogens with zero attached hydrogens (tertiary/aromatic N) is 1. The number of likely N-dealkylation sites (tertiary alicyclic amines) is 1. The van der Waals surface area contributed by atoms with Crippen molar-refractivity contribution in [1.29, 1.82) is 0 Å². The fourth-order valence-electron chi connectivity index (χ4n) is 3.23. The molecule has 130 valence electrons. The fourth-order valence-corrected chi connectivity index (χ4v) is 3.48. The summed E-state index contributed by atoms with van der Waals surface area (Å²) in [6.07, 6.45) is 1.04. The Morgan fingerprint density at radius 2 is 2.04 bits per heavy atom. The molecule has 2 fully saturated rings. The Kier molecular flexibility index (Phi) is 5.38. The lowest BCUT2D eigenvalue weighted by Gasteiger charge is -2.38. The van der Waals surface area contributed by atoms with Gasteiger partial charge in [-0.15, -0.1) is 0 Å². The predicted octanol–water partition coefficient (Wildman–Crippen LogP) is 1.53. The van der Waals surface area contributed by atoms with E-state index < -0.39 is 12.1 Å². The Balaban J connectivity index is 1.78. The summed E-state index contributed by atoms with van der Waals surface area (Å²) in [5.41, 5.74) is 0.692. The summed E-state index contributed by atoms with van der Waals surface area (Å²) < 4.78 is 10.9. The molecular weight excluding hydrogens is 332 g/mol. The summed E-state index contributed by atoms with van der Waals surface area (Å²) >= 11 is 6.25.